The third-order valence-electron chi connectivity index (χ3n) is 2.67. The number of nitrogen functional groups attached to an aromatic ring is 1. The molecule has 0 saturated heterocycles. The Hall–Kier alpha value is -2.70. The van der Waals surface area contributed by atoms with Crippen LogP contribution in [-0.4, -0.2) is 25.2 Å². The van der Waals surface area contributed by atoms with Crippen LogP contribution in [0, 0.1) is 0 Å². The minimum Gasteiger partial charge on any atom is -0.485 e. The van der Waals surface area contributed by atoms with Crippen LogP contribution < -0.4 is 10.5 Å². The molecule has 2 N–H and O–H groups in total. The molecule has 0 unspecified atom stereocenters. The maximum atomic E-state index is 5.88. The quantitative estimate of drug-likeness (QED) is 0.700. The summed E-state index contributed by atoms with van der Waals surface area (Å²) >= 11 is 0. The van der Waals surface area contributed by atoms with Crippen LogP contribution in [0.2, 0.25) is 0 Å². The van der Waals surface area contributed by atoms with Gasteiger partial charge in [-0.3, -0.25) is 4.98 Å². The van der Waals surface area contributed by atoms with Crippen molar-refractivity contribution >= 4 is 16.6 Å². The van der Waals surface area contributed by atoms with Crippen molar-refractivity contribution in [3.8, 4) is 5.75 Å². The number of rotatable bonds is 3. The molecule has 7 nitrogen and oxygen atoms in total. The summed E-state index contributed by atoms with van der Waals surface area (Å²) in [7, 11) is 1.71. The fourth-order valence-electron chi connectivity index (χ4n) is 1.82. The molecular weight excluding hydrogens is 244 g/mol. The Labute approximate surface area is 109 Å². The molecule has 0 aliphatic carbocycles. The van der Waals surface area contributed by atoms with E-state index in [1.165, 1.54) is 4.80 Å². The molecular formula is C12H12N6O. The van der Waals surface area contributed by atoms with Gasteiger partial charge >= 0.3 is 0 Å². The summed E-state index contributed by atoms with van der Waals surface area (Å²) < 4.78 is 5.70. The van der Waals surface area contributed by atoms with Gasteiger partial charge in [0, 0.05) is 11.6 Å². The first-order valence-corrected chi connectivity index (χ1v) is 5.73. The summed E-state index contributed by atoms with van der Waals surface area (Å²) in [4.78, 5) is 5.64. The largest absolute Gasteiger partial charge is 0.485 e. The van der Waals surface area contributed by atoms with Gasteiger partial charge in [0.05, 0.1) is 18.3 Å². The van der Waals surface area contributed by atoms with Crippen LogP contribution in [0.3, 0.4) is 0 Å². The number of hydrogen-bond acceptors (Lipinski definition) is 6. The first-order valence-electron chi connectivity index (χ1n) is 5.73. The van der Waals surface area contributed by atoms with Crippen LogP contribution in [0.5, 0.6) is 5.75 Å². The Morgan fingerprint density at radius 1 is 1.32 bits per heavy atom. The molecule has 96 valence electrons. The van der Waals surface area contributed by atoms with Crippen LogP contribution in [0.1, 0.15) is 5.82 Å². The number of hydrogen-bond donors (Lipinski definition) is 1. The van der Waals surface area contributed by atoms with Crippen LogP contribution in [0.25, 0.3) is 10.9 Å². The van der Waals surface area contributed by atoms with Gasteiger partial charge in [0.15, 0.2) is 6.61 Å². The summed E-state index contributed by atoms with van der Waals surface area (Å²) in [6, 6.07) is 7.35. The van der Waals surface area contributed by atoms with Crippen LogP contribution in [0.4, 0.5) is 5.69 Å². The molecule has 0 atom stereocenters. The number of anilines is 1. The van der Waals surface area contributed by atoms with E-state index in [2.05, 4.69) is 20.4 Å². The molecule has 19 heavy (non-hydrogen) atoms. The van der Waals surface area contributed by atoms with Crippen LogP contribution in [0.15, 0.2) is 30.5 Å². The van der Waals surface area contributed by atoms with E-state index in [1.807, 2.05) is 18.2 Å². The molecule has 2 heterocycles. The summed E-state index contributed by atoms with van der Waals surface area (Å²) in [6.07, 6.45) is 1.70. The number of aryl methyl sites for hydroxylation is 1. The zero-order valence-electron chi connectivity index (χ0n) is 10.3. The van der Waals surface area contributed by atoms with E-state index >= 15 is 0 Å². The van der Waals surface area contributed by atoms with Crippen molar-refractivity contribution in [3.63, 3.8) is 0 Å². The van der Waals surface area contributed by atoms with Gasteiger partial charge in [0.1, 0.15) is 5.75 Å². The van der Waals surface area contributed by atoms with Crippen molar-refractivity contribution in [1.29, 1.82) is 0 Å². The Bertz CT molecular complexity index is 723. The fourth-order valence-corrected chi connectivity index (χ4v) is 1.82. The second-order valence-corrected chi connectivity index (χ2v) is 4.04. The van der Waals surface area contributed by atoms with Gasteiger partial charge < -0.3 is 10.5 Å². The highest BCUT2D eigenvalue weighted by molar-refractivity contribution is 5.93. The molecule has 1 aromatic carbocycles. The number of nitrogens with two attached hydrogens (primary N) is 1. The van der Waals surface area contributed by atoms with E-state index < -0.39 is 0 Å². The minimum absolute atomic E-state index is 0.252. The van der Waals surface area contributed by atoms with Crippen LogP contribution in [-0.2, 0) is 13.7 Å². The molecule has 3 rings (SSSR count). The average Bonchev–Trinajstić information content (AvgIpc) is 2.84. The standard InChI is InChI=1S/C12H12N6O/c1-18-16-11(15-17-18)7-19-10-5-4-9(13)12-8(10)3-2-6-14-12/h2-6H,7,13H2,1H3. The number of pyridine rings is 1. The number of fused-ring (bicyclic) bond motifs is 1. The Morgan fingerprint density at radius 2 is 2.21 bits per heavy atom. The summed E-state index contributed by atoms with van der Waals surface area (Å²) in [5, 5.41) is 12.5. The highest BCUT2D eigenvalue weighted by Crippen LogP contribution is 2.28. The van der Waals surface area contributed by atoms with Crippen molar-refractivity contribution in [2.45, 2.75) is 6.61 Å². The molecule has 2 aromatic heterocycles. The van der Waals surface area contributed by atoms with E-state index in [9.17, 15) is 0 Å². The highest BCUT2D eigenvalue weighted by atomic mass is 16.5. The second kappa shape index (κ2) is 4.52. The molecule has 0 amide bonds. The Kier molecular flexibility index (Phi) is 2.71. The lowest BCUT2D eigenvalue weighted by atomic mass is 10.2. The monoisotopic (exact) mass is 256 g/mol. The predicted molar refractivity (Wildman–Crippen MR) is 69.3 cm³/mol. The van der Waals surface area contributed by atoms with E-state index in [1.54, 1.807) is 19.3 Å². The molecule has 0 aliphatic heterocycles. The number of nitrogens with zero attached hydrogens (tertiary/aromatic N) is 5. The molecule has 3 aromatic rings. The lowest BCUT2D eigenvalue weighted by molar-refractivity contribution is 0.299. The molecule has 0 aliphatic rings. The minimum atomic E-state index is 0.252. The maximum absolute atomic E-state index is 5.88. The van der Waals surface area contributed by atoms with E-state index in [0.29, 0.717) is 17.3 Å². The molecule has 0 spiro atoms. The van der Waals surface area contributed by atoms with Crippen molar-refractivity contribution in [2.75, 3.05) is 5.73 Å². The van der Waals surface area contributed by atoms with Crippen molar-refractivity contribution in [1.82, 2.24) is 25.2 Å². The number of aromatic nitrogens is 5. The lowest BCUT2D eigenvalue weighted by Gasteiger charge is -2.08. The number of tetrazole rings is 1. The lowest BCUT2D eigenvalue weighted by Crippen LogP contribution is -2.00. The molecule has 0 fully saturated rings. The molecule has 0 saturated carbocycles. The van der Waals surface area contributed by atoms with E-state index in [-0.39, 0.29) is 6.61 Å². The maximum Gasteiger partial charge on any atom is 0.212 e. The van der Waals surface area contributed by atoms with Crippen molar-refractivity contribution in [2.24, 2.45) is 7.05 Å². The second-order valence-electron chi connectivity index (χ2n) is 4.04. The van der Waals surface area contributed by atoms with Crippen LogP contribution >= 0.6 is 0 Å². The third-order valence-corrected chi connectivity index (χ3v) is 2.67. The van der Waals surface area contributed by atoms with Gasteiger partial charge in [-0.2, -0.15) is 4.80 Å². The average molecular weight is 256 g/mol. The van der Waals surface area contributed by atoms with E-state index in [0.717, 1.165) is 10.9 Å². The topological polar surface area (TPSA) is 91.7 Å². The van der Waals surface area contributed by atoms with Gasteiger partial charge in [0.2, 0.25) is 5.82 Å². The van der Waals surface area contributed by atoms with Gasteiger partial charge in [-0.15, -0.1) is 10.2 Å². The molecule has 7 heteroatoms. The summed E-state index contributed by atoms with van der Waals surface area (Å²) in [5.41, 5.74) is 7.23. The number of benzene rings is 1. The van der Waals surface area contributed by atoms with Gasteiger partial charge in [0.25, 0.3) is 0 Å². The zero-order valence-corrected chi connectivity index (χ0v) is 10.3. The Morgan fingerprint density at radius 3 is 3.00 bits per heavy atom. The smallest absolute Gasteiger partial charge is 0.212 e. The van der Waals surface area contributed by atoms with Gasteiger partial charge in [-0.05, 0) is 29.5 Å². The van der Waals surface area contributed by atoms with Crippen molar-refractivity contribution in [3.05, 3.63) is 36.3 Å². The summed E-state index contributed by atoms with van der Waals surface area (Å²) in [6.45, 7) is 0.252. The molecule has 0 bridgehead atoms. The van der Waals surface area contributed by atoms with Gasteiger partial charge in [-0.1, -0.05) is 0 Å². The fraction of sp³-hybridized carbons (Fsp3) is 0.167. The third kappa shape index (κ3) is 2.17. The first kappa shape index (κ1) is 11.4. The van der Waals surface area contributed by atoms with Gasteiger partial charge in [-0.25, -0.2) is 0 Å². The molecule has 0 radical (unpaired) electrons. The summed E-state index contributed by atoms with van der Waals surface area (Å²) in [5.74, 6) is 1.22. The Balaban J connectivity index is 1.91. The van der Waals surface area contributed by atoms with E-state index in [4.69, 9.17) is 10.5 Å². The highest BCUT2D eigenvalue weighted by Gasteiger charge is 2.07. The normalized spacial score (nSPS) is 10.8. The zero-order chi connectivity index (χ0) is 13.2. The first-order chi connectivity index (χ1) is 9.24. The van der Waals surface area contributed by atoms with Crippen molar-refractivity contribution < 1.29 is 4.74 Å². The number of ether oxygens (including phenoxy) is 1. The SMILES string of the molecule is Cn1nnc(COc2ccc(N)c3ncccc23)n1. The predicted octanol–water partition coefficient (Wildman–Crippen LogP) is 0.919.